The lowest BCUT2D eigenvalue weighted by Crippen LogP contribution is -2.25. The summed E-state index contributed by atoms with van der Waals surface area (Å²) in [6, 6.07) is 10.3. The van der Waals surface area contributed by atoms with Crippen molar-refractivity contribution < 1.29 is 9.18 Å². The summed E-state index contributed by atoms with van der Waals surface area (Å²) in [6.07, 6.45) is 2.03. The minimum absolute atomic E-state index is 0.154. The third kappa shape index (κ3) is 2.48. The molecule has 0 spiro atoms. The van der Waals surface area contributed by atoms with Gasteiger partial charge in [-0.2, -0.15) is 0 Å². The number of nitrogens with zero attached hydrogens (tertiary/aromatic N) is 1. The van der Waals surface area contributed by atoms with E-state index in [1.54, 1.807) is 23.5 Å². The van der Waals surface area contributed by atoms with Crippen LogP contribution in [0, 0.1) is 5.82 Å². The van der Waals surface area contributed by atoms with Crippen molar-refractivity contribution in [2.24, 2.45) is 0 Å². The monoisotopic (exact) mass is 312 g/mol. The van der Waals surface area contributed by atoms with E-state index in [2.05, 4.69) is 10.3 Å². The van der Waals surface area contributed by atoms with Gasteiger partial charge in [0, 0.05) is 11.4 Å². The highest BCUT2D eigenvalue weighted by atomic mass is 32.1. The largest absolute Gasteiger partial charge is 0.349 e. The van der Waals surface area contributed by atoms with Gasteiger partial charge in [0.1, 0.15) is 5.82 Å². The predicted octanol–water partition coefficient (Wildman–Crippen LogP) is 3.99. The molecule has 5 heteroatoms. The van der Waals surface area contributed by atoms with E-state index in [-0.39, 0.29) is 17.8 Å². The van der Waals surface area contributed by atoms with Crippen LogP contribution in [0.1, 0.15) is 23.2 Å². The molecule has 2 heterocycles. The molecule has 1 saturated carbocycles. The van der Waals surface area contributed by atoms with Crippen molar-refractivity contribution in [3.63, 3.8) is 0 Å². The van der Waals surface area contributed by atoms with Crippen LogP contribution in [-0.4, -0.2) is 16.9 Å². The van der Waals surface area contributed by atoms with E-state index in [1.165, 1.54) is 12.1 Å². The van der Waals surface area contributed by atoms with Crippen LogP contribution in [0.25, 0.3) is 21.5 Å². The van der Waals surface area contributed by atoms with Crippen molar-refractivity contribution in [1.82, 2.24) is 10.3 Å². The van der Waals surface area contributed by atoms with Crippen LogP contribution in [0.4, 0.5) is 4.39 Å². The Morgan fingerprint density at radius 1 is 1.27 bits per heavy atom. The molecule has 3 aromatic rings. The highest BCUT2D eigenvalue weighted by molar-refractivity contribution is 7.13. The second-order valence-corrected chi connectivity index (χ2v) is 6.39. The molecule has 22 heavy (non-hydrogen) atoms. The van der Waals surface area contributed by atoms with Crippen LogP contribution < -0.4 is 5.32 Å². The number of carbonyl (C=O) groups excluding carboxylic acids is 1. The fraction of sp³-hybridized carbons (Fsp3) is 0.176. The number of fused-ring (bicyclic) bond motifs is 1. The first-order valence-corrected chi connectivity index (χ1v) is 8.04. The number of nitrogens with one attached hydrogen (secondary N) is 1. The van der Waals surface area contributed by atoms with Crippen LogP contribution in [0.2, 0.25) is 0 Å². The van der Waals surface area contributed by atoms with E-state index in [4.69, 9.17) is 0 Å². The van der Waals surface area contributed by atoms with Crippen LogP contribution in [0.3, 0.4) is 0 Å². The second-order valence-electron chi connectivity index (χ2n) is 5.44. The van der Waals surface area contributed by atoms with Gasteiger partial charge in [-0.3, -0.25) is 4.79 Å². The molecule has 1 fully saturated rings. The first-order chi connectivity index (χ1) is 10.7. The van der Waals surface area contributed by atoms with E-state index in [0.29, 0.717) is 16.5 Å². The molecule has 1 N–H and O–H groups in total. The molecule has 0 radical (unpaired) electrons. The van der Waals surface area contributed by atoms with Crippen molar-refractivity contribution in [3.8, 4) is 10.6 Å². The smallest absolute Gasteiger partial charge is 0.252 e. The molecule has 1 aliphatic carbocycles. The van der Waals surface area contributed by atoms with Gasteiger partial charge in [0.15, 0.2) is 0 Å². The Balaban J connectivity index is 1.89. The number of rotatable bonds is 3. The van der Waals surface area contributed by atoms with Crippen molar-refractivity contribution in [2.75, 3.05) is 0 Å². The van der Waals surface area contributed by atoms with Crippen LogP contribution >= 0.6 is 11.3 Å². The summed E-state index contributed by atoms with van der Waals surface area (Å²) >= 11 is 1.57. The third-order valence-electron chi connectivity index (χ3n) is 3.70. The van der Waals surface area contributed by atoms with Gasteiger partial charge in [-0.15, -0.1) is 11.3 Å². The maximum absolute atomic E-state index is 13.6. The zero-order valence-electron chi connectivity index (χ0n) is 11.7. The van der Waals surface area contributed by atoms with Crippen molar-refractivity contribution in [2.45, 2.75) is 18.9 Å². The zero-order valence-corrected chi connectivity index (χ0v) is 12.5. The summed E-state index contributed by atoms with van der Waals surface area (Å²) in [7, 11) is 0. The maximum atomic E-state index is 13.6. The predicted molar refractivity (Wildman–Crippen MR) is 85.5 cm³/mol. The Labute approximate surface area is 130 Å². The molecule has 0 saturated heterocycles. The minimum Gasteiger partial charge on any atom is -0.349 e. The molecule has 0 bridgehead atoms. The number of hydrogen-bond donors (Lipinski definition) is 1. The summed E-state index contributed by atoms with van der Waals surface area (Å²) in [5, 5.41) is 5.49. The number of amides is 1. The number of pyridine rings is 1. The van der Waals surface area contributed by atoms with Gasteiger partial charge in [-0.25, -0.2) is 9.37 Å². The number of thiophene rings is 1. The van der Waals surface area contributed by atoms with Gasteiger partial charge < -0.3 is 5.32 Å². The van der Waals surface area contributed by atoms with Gasteiger partial charge in [-0.05, 0) is 48.6 Å². The molecule has 4 rings (SSSR count). The van der Waals surface area contributed by atoms with Gasteiger partial charge >= 0.3 is 0 Å². The lowest BCUT2D eigenvalue weighted by atomic mass is 10.1. The van der Waals surface area contributed by atoms with Gasteiger partial charge in [0.25, 0.3) is 5.91 Å². The third-order valence-corrected chi connectivity index (χ3v) is 4.59. The van der Waals surface area contributed by atoms with Crippen LogP contribution in [0.5, 0.6) is 0 Å². The zero-order chi connectivity index (χ0) is 15.1. The summed E-state index contributed by atoms with van der Waals surface area (Å²) in [5.41, 5.74) is 1.86. The topological polar surface area (TPSA) is 42.0 Å². The molecule has 1 aliphatic rings. The minimum atomic E-state index is -0.362. The number of benzene rings is 1. The molecule has 0 atom stereocenters. The van der Waals surface area contributed by atoms with Crippen molar-refractivity contribution in [1.29, 1.82) is 0 Å². The lowest BCUT2D eigenvalue weighted by Gasteiger charge is -2.09. The summed E-state index contributed by atoms with van der Waals surface area (Å²) in [4.78, 5) is 18.0. The molecular formula is C17H13FN2OS. The summed E-state index contributed by atoms with van der Waals surface area (Å²) < 4.78 is 13.6. The van der Waals surface area contributed by atoms with E-state index < -0.39 is 0 Å². The first kappa shape index (κ1) is 13.4. The molecule has 0 aliphatic heterocycles. The molecule has 1 amide bonds. The van der Waals surface area contributed by atoms with Crippen LogP contribution in [-0.2, 0) is 0 Å². The lowest BCUT2D eigenvalue weighted by molar-refractivity contribution is 0.0952. The number of hydrogen-bond acceptors (Lipinski definition) is 3. The van der Waals surface area contributed by atoms with E-state index in [0.717, 1.165) is 23.4 Å². The fourth-order valence-corrected chi connectivity index (χ4v) is 3.11. The Bertz CT molecular complexity index is 856. The van der Waals surface area contributed by atoms with Gasteiger partial charge in [-0.1, -0.05) is 6.07 Å². The number of halogens is 1. The molecule has 0 unspecified atom stereocenters. The first-order valence-electron chi connectivity index (χ1n) is 7.16. The quantitative estimate of drug-likeness (QED) is 0.794. The fourth-order valence-electron chi connectivity index (χ4n) is 2.43. The highest BCUT2D eigenvalue weighted by Crippen LogP contribution is 2.29. The summed E-state index contributed by atoms with van der Waals surface area (Å²) in [6.45, 7) is 0. The Hall–Kier alpha value is -2.27. The summed E-state index contributed by atoms with van der Waals surface area (Å²) in [5.74, 6) is -0.517. The second kappa shape index (κ2) is 5.18. The van der Waals surface area contributed by atoms with Gasteiger partial charge in [0.2, 0.25) is 0 Å². The normalized spacial score (nSPS) is 14.2. The molecule has 2 aromatic heterocycles. The Morgan fingerprint density at radius 2 is 2.14 bits per heavy atom. The average molecular weight is 312 g/mol. The average Bonchev–Trinajstić information content (AvgIpc) is 3.15. The van der Waals surface area contributed by atoms with E-state index in [9.17, 15) is 9.18 Å². The molecular weight excluding hydrogens is 299 g/mol. The molecule has 3 nitrogen and oxygen atoms in total. The Kier molecular flexibility index (Phi) is 3.15. The van der Waals surface area contributed by atoms with Gasteiger partial charge in [0.05, 0.1) is 21.7 Å². The standard InChI is InChI=1S/C17H13FN2OS/c18-10-3-6-14-12(8-10)13(17(21)19-11-4-5-11)9-15(20-14)16-2-1-7-22-16/h1-3,6-9,11H,4-5H2,(H,19,21). The number of aromatic nitrogens is 1. The SMILES string of the molecule is O=C(NC1CC1)c1cc(-c2cccs2)nc2ccc(F)cc12. The van der Waals surface area contributed by atoms with Crippen LogP contribution in [0.15, 0.2) is 41.8 Å². The maximum Gasteiger partial charge on any atom is 0.252 e. The molecule has 1 aromatic carbocycles. The molecule has 110 valence electrons. The van der Waals surface area contributed by atoms with Crippen molar-refractivity contribution >= 4 is 28.1 Å². The van der Waals surface area contributed by atoms with Crippen molar-refractivity contribution in [3.05, 3.63) is 53.2 Å². The Morgan fingerprint density at radius 3 is 2.86 bits per heavy atom. The highest BCUT2D eigenvalue weighted by Gasteiger charge is 2.25. The van der Waals surface area contributed by atoms with E-state index >= 15 is 0 Å². The number of carbonyl (C=O) groups is 1. The van der Waals surface area contributed by atoms with E-state index in [1.807, 2.05) is 17.5 Å².